The highest BCUT2D eigenvalue weighted by molar-refractivity contribution is 5.73. The molecule has 0 radical (unpaired) electrons. The molecule has 0 aliphatic carbocycles. The molecule has 0 aromatic heterocycles. The lowest BCUT2D eigenvalue weighted by molar-refractivity contribution is -0.192. The number of carbonyl (C=O) groups excluding carboxylic acids is 1. The highest BCUT2D eigenvalue weighted by atomic mass is 19.4. The van der Waals surface area contributed by atoms with Gasteiger partial charge < -0.3 is 20.5 Å². The molecule has 2 aliphatic heterocycles. The second-order valence-corrected chi connectivity index (χ2v) is 7.07. The normalized spacial score (nSPS) is 20.1. The van der Waals surface area contributed by atoms with Gasteiger partial charge in [0.15, 0.2) is 0 Å². The largest absolute Gasteiger partial charge is 0.490 e. The van der Waals surface area contributed by atoms with E-state index in [1.54, 1.807) is 0 Å². The summed E-state index contributed by atoms with van der Waals surface area (Å²) < 4.78 is 37.0. The van der Waals surface area contributed by atoms with Crippen molar-refractivity contribution in [2.75, 3.05) is 26.2 Å². The van der Waals surface area contributed by atoms with E-state index >= 15 is 0 Å². The van der Waals surface area contributed by atoms with Gasteiger partial charge in [-0.2, -0.15) is 13.2 Å². The number of amides is 1. The van der Waals surface area contributed by atoms with Crippen molar-refractivity contribution in [3.05, 3.63) is 0 Å². The van der Waals surface area contributed by atoms with E-state index in [-0.39, 0.29) is 12.1 Å². The van der Waals surface area contributed by atoms with Crippen molar-refractivity contribution in [1.29, 1.82) is 0 Å². The first-order valence-corrected chi connectivity index (χ1v) is 8.13. The molecule has 0 bridgehead atoms. The summed E-state index contributed by atoms with van der Waals surface area (Å²) in [6, 6.07) is 0.983. The maximum atomic E-state index is 11.7. The first kappa shape index (κ1) is 21.5. The second kappa shape index (κ2) is 8.70. The predicted molar refractivity (Wildman–Crippen MR) is 84.3 cm³/mol. The van der Waals surface area contributed by atoms with Gasteiger partial charge in [-0.05, 0) is 33.6 Å². The van der Waals surface area contributed by atoms with Gasteiger partial charge in [0, 0.05) is 38.3 Å². The number of alkyl carbamates (subject to hydrolysis) is 1. The van der Waals surface area contributed by atoms with Crippen LogP contribution in [0.3, 0.4) is 0 Å². The monoisotopic (exact) mass is 369 g/mol. The summed E-state index contributed by atoms with van der Waals surface area (Å²) in [7, 11) is 0. The van der Waals surface area contributed by atoms with Gasteiger partial charge in [0.2, 0.25) is 0 Å². The van der Waals surface area contributed by atoms with Gasteiger partial charge >= 0.3 is 18.2 Å². The molecule has 2 fully saturated rings. The van der Waals surface area contributed by atoms with Gasteiger partial charge in [-0.25, -0.2) is 9.59 Å². The minimum Gasteiger partial charge on any atom is -0.475 e. The van der Waals surface area contributed by atoms with Gasteiger partial charge in [-0.1, -0.05) is 0 Å². The van der Waals surface area contributed by atoms with Crippen LogP contribution in [0.5, 0.6) is 0 Å². The van der Waals surface area contributed by atoms with E-state index in [4.69, 9.17) is 14.6 Å². The van der Waals surface area contributed by atoms with Crippen molar-refractivity contribution in [2.24, 2.45) is 0 Å². The number of carbonyl (C=O) groups is 2. The van der Waals surface area contributed by atoms with Crippen LogP contribution in [-0.2, 0) is 9.53 Å². The molecule has 3 N–H and O–H groups in total. The molecule has 0 saturated carbocycles. The number of halogens is 3. The van der Waals surface area contributed by atoms with Crippen molar-refractivity contribution in [2.45, 2.75) is 57.5 Å². The highest BCUT2D eigenvalue weighted by Gasteiger charge is 2.38. The van der Waals surface area contributed by atoms with Gasteiger partial charge in [0.1, 0.15) is 5.60 Å². The lowest BCUT2D eigenvalue weighted by atomic mass is 10.0. The van der Waals surface area contributed by atoms with Crippen LogP contribution in [0.1, 0.15) is 33.6 Å². The molecule has 146 valence electrons. The van der Waals surface area contributed by atoms with E-state index in [9.17, 15) is 18.0 Å². The summed E-state index contributed by atoms with van der Waals surface area (Å²) in [6.07, 6.45) is -3.32. The lowest BCUT2D eigenvalue weighted by Gasteiger charge is -2.42. The number of carboxylic acids is 1. The van der Waals surface area contributed by atoms with Crippen LogP contribution in [-0.4, -0.2) is 72.1 Å². The minimum absolute atomic E-state index is 0.268. The zero-order valence-corrected chi connectivity index (χ0v) is 14.7. The average molecular weight is 369 g/mol. The fourth-order valence-corrected chi connectivity index (χ4v) is 2.41. The number of nitrogens with zero attached hydrogens (tertiary/aromatic N) is 1. The topological polar surface area (TPSA) is 90.9 Å². The maximum absolute atomic E-state index is 11.7. The average Bonchev–Trinajstić information content (AvgIpc) is 2.36. The number of hydrogen-bond acceptors (Lipinski definition) is 5. The van der Waals surface area contributed by atoms with E-state index < -0.39 is 17.7 Å². The molecule has 0 spiro atoms. The van der Waals surface area contributed by atoms with E-state index in [1.807, 2.05) is 20.8 Å². The van der Waals surface area contributed by atoms with Crippen LogP contribution < -0.4 is 10.6 Å². The third-order valence-corrected chi connectivity index (χ3v) is 3.77. The van der Waals surface area contributed by atoms with Crippen molar-refractivity contribution < 1.29 is 32.6 Å². The predicted octanol–water partition coefficient (Wildman–Crippen LogP) is 1.58. The van der Waals surface area contributed by atoms with E-state index in [1.165, 1.54) is 0 Å². The summed E-state index contributed by atoms with van der Waals surface area (Å²) >= 11 is 0. The van der Waals surface area contributed by atoms with Gasteiger partial charge in [0.25, 0.3) is 0 Å². The Kier molecular flexibility index (Phi) is 7.48. The van der Waals surface area contributed by atoms with Crippen molar-refractivity contribution >= 4 is 12.1 Å². The molecule has 1 amide bonds. The van der Waals surface area contributed by atoms with Crippen LogP contribution in [0.25, 0.3) is 0 Å². The number of aliphatic carboxylic acids is 1. The van der Waals surface area contributed by atoms with E-state index in [2.05, 4.69) is 15.5 Å². The number of alkyl halides is 3. The number of carboxylic acid groups (broad SMARTS) is 1. The third-order valence-electron chi connectivity index (χ3n) is 3.77. The Labute approximate surface area is 144 Å². The summed E-state index contributed by atoms with van der Waals surface area (Å²) in [5, 5.41) is 13.4. The Morgan fingerprint density at radius 1 is 1.16 bits per heavy atom. The SMILES string of the molecule is CC(C)(C)OC(=O)NC1CCN(C2CNC2)CC1.O=C(O)C(F)(F)F. The highest BCUT2D eigenvalue weighted by Crippen LogP contribution is 2.16. The quantitative estimate of drug-likeness (QED) is 0.685. The zero-order chi connectivity index (χ0) is 19.3. The summed E-state index contributed by atoms with van der Waals surface area (Å²) in [5.74, 6) is -2.76. The molecule has 0 aromatic carbocycles. The van der Waals surface area contributed by atoms with Crippen LogP contribution in [0.2, 0.25) is 0 Å². The third kappa shape index (κ3) is 8.39. The molecular weight excluding hydrogens is 343 g/mol. The van der Waals surface area contributed by atoms with Gasteiger partial charge in [0.05, 0.1) is 0 Å². The fourth-order valence-electron chi connectivity index (χ4n) is 2.41. The first-order valence-electron chi connectivity index (χ1n) is 8.13. The molecular formula is C15H26F3N3O4. The summed E-state index contributed by atoms with van der Waals surface area (Å²) in [5.41, 5.74) is -0.414. The standard InChI is InChI=1S/C13H25N3O2.C2HF3O2/c1-13(2,3)18-12(17)15-10-4-6-16(7-5-10)11-8-14-9-11;3-2(4,5)1(6)7/h10-11,14H,4-9H2,1-3H3,(H,15,17);(H,6,7). The Hall–Kier alpha value is -1.55. The number of hydrogen-bond donors (Lipinski definition) is 3. The maximum Gasteiger partial charge on any atom is 0.490 e. The molecule has 0 unspecified atom stereocenters. The Bertz CT molecular complexity index is 454. The number of rotatable bonds is 2. The molecule has 10 heteroatoms. The molecule has 25 heavy (non-hydrogen) atoms. The van der Waals surface area contributed by atoms with E-state index in [0.717, 1.165) is 39.0 Å². The number of nitrogens with one attached hydrogen (secondary N) is 2. The molecule has 2 heterocycles. The number of piperidine rings is 1. The summed E-state index contributed by atoms with van der Waals surface area (Å²) in [4.78, 5) is 23.1. The van der Waals surface area contributed by atoms with Crippen molar-refractivity contribution in [1.82, 2.24) is 15.5 Å². The van der Waals surface area contributed by atoms with Crippen molar-refractivity contribution in [3.8, 4) is 0 Å². The van der Waals surface area contributed by atoms with Crippen LogP contribution in [0.15, 0.2) is 0 Å². The number of likely N-dealkylation sites (tertiary alicyclic amines) is 1. The smallest absolute Gasteiger partial charge is 0.475 e. The fraction of sp³-hybridized carbons (Fsp3) is 0.867. The minimum atomic E-state index is -5.08. The Morgan fingerprint density at radius 3 is 1.96 bits per heavy atom. The lowest BCUT2D eigenvalue weighted by Crippen LogP contribution is -2.60. The van der Waals surface area contributed by atoms with Gasteiger partial charge in [-0.3, -0.25) is 4.90 Å². The molecule has 2 saturated heterocycles. The summed E-state index contributed by atoms with van der Waals surface area (Å²) in [6.45, 7) is 10.0. The van der Waals surface area contributed by atoms with E-state index in [0.29, 0.717) is 6.04 Å². The molecule has 0 atom stereocenters. The molecule has 2 rings (SSSR count). The molecule has 7 nitrogen and oxygen atoms in total. The Balaban J connectivity index is 0.000000381. The van der Waals surface area contributed by atoms with Crippen LogP contribution in [0.4, 0.5) is 18.0 Å². The van der Waals surface area contributed by atoms with Crippen LogP contribution in [0, 0.1) is 0 Å². The molecule has 2 aliphatic rings. The second-order valence-electron chi connectivity index (χ2n) is 7.07. The first-order chi connectivity index (χ1) is 11.4. The zero-order valence-electron chi connectivity index (χ0n) is 14.7. The Morgan fingerprint density at radius 2 is 1.64 bits per heavy atom. The number of ether oxygens (including phenoxy) is 1. The van der Waals surface area contributed by atoms with Crippen molar-refractivity contribution in [3.63, 3.8) is 0 Å². The molecule has 0 aromatic rings. The van der Waals surface area contributed by atoms with Gasteiger partial charge in [-0.15, -0.1) is 0 Å². The van der Waals surface area contributed by atoms with Crippen LogP contribution >= 0.6 is 0 Å².